The number of ether oxygens (including phenoxy) is 1. The molecule has 0 saturated heterocycles. The molecule has 1 aromatic rings. The second kappa shape index (κ2) is 5.76. The van der Waals surface area contributed by atoms with Crippen molar-refractivity contribution >= 4 is 21.4 Å². The van der Waals surface area contributed by atoms with E-state index in [1.165, 1.54) is 5.41 Å². The lowest BCUT2D eigenvalue weighted by Crippen LogP contribution is -2.42. The van der Waals surface area contributed by atoms with Crippen molar-refractivity contribution in [3.63, 3.8) is 0 Å². The summed E-state index contributed by atoms with van der Waals surface area (Å²) in [6.45, 7) is 2.48. The summed E-state index contributed by atoms with van der Waals surface area (Å²) in [5.74, 6) is 0.734. The Morgan fingerprint density at radius 2 is 1.95 bits per heavy atom. The third-order valence-corrected chi connectivity index (χ3v) is 5.21. The van der Waals surface area contributed by atoms with Gasteiger partial charge < -0.3 is 9.64 Å². The summed E-state index contributed by atoms with van der Waals surface area (Å²) in [5, 5.41) is 1.21. The SMILES string of the molecule is CCOc1ccc(N(C(=O)C2CC2)[C@@H]2C=CS(=O)(=O)C2)cc1. The third kappa shape index (κ3) is 3.16. The first-order valence-electron chi connectivity index (χ1n) is 7.47. The first-order chi connectivity index (χ1) is 10.5. The predicted molar refractivity (Wildman–Crippen MR) is 84.5 cm³/mol. The van der Waals surface area contributed by atoms with E-state index in [0.717, 1.165) is 18.6 Å². The highest BCUT2D eigenvalue weighted by atomic mass is 32.2. The van der Waals surface area contributed by atoms with E-state index in [9.17, 15) is 13.2 Å². The van der Waals surface area contributed by atoms with Crippen molar-refractivity contribution in [3.8, 4) is 5.75 Å². The molecule has 118 valence electrons. The number of carbonyl (C=O) groups is 1. The molecule has 0 bridgehead atoms. The van der Waals surface area contributed by atoms with Gasteiger partial charge in [-0.15, -0.1) is 0 Å². The minimum Gasteiger partial charge on any atom is -0.494 e. The van der Waals surface area contributed by atoms with Crippen molar-refractivity contribution in [2.45, 2.75) is 25.8 Å². The molecular weight excluding hydrogens is 302 g/mol. The Bertz CT molecular complexity index is 689. The van der Waals surface area contributed by atoms with E-state index in [-0.39, 0.29) is 17.6 Å². The van der Waals surface area contributed by atoms with E-state index in [4.69, 9.17) is 4.74 Å². The van der Waals surface area contributed by atoms with Crippen molar-refractivity contribution in [1.29, 1.82) is 0 Å². The lowest BCUT2D eigenvalue weighted by molar-refractivity contribution is -0.120. The molecule has 1 amide bonds. The van der Waals surface area contributed by atoms with Crippen LogP contribution in [0.25, 0.3) is 0 Å². The second-order valence-electron chi connectivity index (χ2n) is 5.63. The molecule has 2 aliphatic rings. The Hall–Kier alpha value is -1.82. The summed E-state index contributed by atoms with van der Waals surface area (Å²) in [6.07, 6.45) is 3.37. The molecule has 1 heterocycles. The van der Waals surface area contributed by atoms with Crippen molar-refractivity contribution in [1.82, 2.24) is 0 Å². The van der Waals surface area contributed by atoms with Crippen LogP contribution in [0.5, 0.6) is 5.75 Å². The fraction of sp³-hybridized carbons (Fsp3) is 0.438. The zero-order valence-corrected chi connectivity index (χ0v) is 13.3. The highest BCUT2D eigenvalue weighted by Crippen LogP contribution is 2.35. The summed E-state index contributed by atoms with van der Waals surface area (Å²) in [4.78, 5) is 14.2. The van der Waals surface area contributed by atoms with Crippen LogP contribution in [0, 0.1) is 5.92 Å². The van der Waals surface area contributed by atoms with Gasteiger partial charge in [0.05, 0.1) is 18.4 Å². The van der Waals surface area contributed by atoms with Crippen LogP contribution in [0.15, 0.2) is 35.7 Å². The molecule has 1 aromatic carbocycles. The Kier molecular flexibility index (Phi) is 3.95. The van der Waals surface area contributed by atoms with E-state index in [1.54, 1.807) is 23.1 Å². The third-order valence-electron chi connectivity index (χ3n) is 3.83. The molecule has 1 atom stereocenters. The van der Waals surface area contributed by atoms with Crippen LogP contribution in [0.3, 0.4) is 0 Å². The zero-order chi connectivity index (χ0) is 15.7. The van der Waals surface area contributed by atoms with Crippen molar-refractivity contribution in [2.24, 2.45) is 5.92 Å². The first-order valence-corrected chi connectivity index (χ1v) is 9.18. The van der Waals surface area contributed by atoms with E-state index < -0.39 is 15.9 Å². The van der Waals surface area contributed by atoms with Crippen molar-refractivity contribution in [2.75, 3.05) is 17.3 Å². The van der Waals surface area contributed by atoms with Gasteiger partial charge in [-0.2, -0.15) is 0 Å². The van der Waals surface area contributed by atoms with Gasteiger partial charge in [-0.3, -0.25) is 4.79 Å². The van der Waals surface area contributed by atoms with Gasteiger partial charge >= 0.3 is 0 Å². The minimum atomic E-state index is -3.20. The van der Waals surface area contributed by atoms with Gasteiger partial charge in [0, 0.05) is 17.0 Å². The number of amides is 1. The van der Waals surface area contributed by atoms with Gasteiger partial charge in [0.25, 0.3) is 0 Å². The minimum absolute atomic E-state index is 0.0101. The predicted octanol–water partition coefficient (Wildman–Crippen LogP) is 2.14. The van der Waals surface area contributed by atoms with Crippen LogP contribution in [-0.4, -0.2) is 32.7 Å². The molecule has 22 heavy (non-hydrogen) atoms. The molecular formula is C16H19NO4S. The molecule has 1 aliphatic carbocycles. The van der Waals surface area contributed by atoms with Crippen molar-refractivity contribution < 1.29 is 17.9 Å². The summed E-state index contributed by atoms with van der Waals surface area (Å²) < 4.78 is 28.8. The standard InChI is InChI=1S/C16H19NO4S/c1-2-21-15-7-5-13(6-8-15)17(16(18)12-3-4-12)14-9-10-22(19,20)11-14/h5-10,12,14H,2-4,11H2,1H3/t14-/m1/s1. The molecule has 0 radical (unpaired) electrons. The first kappa shape index (κ1) is 15.1. The highest BCUT2D eigenvalue weighted by Gasteiger charge is 2.39. The van der Waals surface area contributed by atoms with Gasteiger partial charge in [0.15, 0.2) is 9.84 Å². The van der Waals surface area contributed by atoms with Gasteiger partial charge in [-0.25, -0.2) is 8.42 Å². The molecule has 6 heteroatoms. The average molecular weight is 321 g/mol. The lowest BCUT2D eigenvalue weighted by atomic mass is 10.2. The summed E-state index contributed by atoms with van der Waals surface area (Å²) in [5.41, 5.74) is 0.715. The maximum atomic E-state index is 12.6. The van der Waals surface area contributed by atoms with Crippen LogP contribution in [0.2, 0.25) is 0 Å². The number of benzene rings is 1. The highest BCUT2D eigenvalue weighted by molar-refractivity contribution is 7.94. The average Bonchev–Trinajstić information content (AvgIpc) is 3.26. The van der Waals surface area contributed by atoms with Gasteiger partial charge in [-0.1, -0.05) is 0 Å². The van der Waals surface area contributed by atoms with Crippen LogP contribution in [0.4, 0.5) is 5.69 Å². The number of hydrogen-bond donors (Lipinski definition) is 0. The van der Waals surface area contributed by atoms with Gasteiger partial charge in [0.2, 0.25) is 5.91 Å². The zero-order valence-electron chi connectivity index (χ0n) is 12.4. The molecule has 0 aromatic heterocycles. The summed E-state index contributed by atoms with van der Waals surface area (Å²) >= 11 is 0. The fourth-order valence-electron chi connectivity index (χ4n) is 2.60. The Balaban J connectivity index is 1.88. The fourth-order valence-corrected chi connectivity index (χ4v) is 3.87. The van der Waals surface area contributed by atoms with Crippen LogP contribution >= 0.6 is 0 Å². The lowest BCUT2D eigenvalue weighted by Gasteiger charge is -2.28. The number of carbonyl (C=O) groups excluding carboxylic acids is 1. The summed E-state index contributed by atoms with van der Waals surface area (Å²) in [6, 6.07) is 6.81. The molecule has 3 rings (SSSR count). The number of sulfone groups is 1. The smallest absolute Gasteiger partial charge is 0.230 e. The number of nitrogens with zero attached hydrogens (tertiary/aromatic N) is 1. The van der Waals surface area contributed by atoms with Crippen LogP contribution in [0.1, 0.15) is 19.8 Å². The van der Waals surface area contributed by atoms with E-state index >= 15 is 0 Å². The Labute approximate surface area is 130 Å². The number of hydrogen-bond acceptors (Lipinski definition) is 4. The van der Waals surface area contributed by atoms with E-state index in [1.807, 2.05) is 19.1 Å². The van der Waals surface area contributed by atoms with Crippen molar-refractivity contribution in [3.05, 3.63) is 35.7 Å². The molecule has 0 spiro atoms. The summed E-state index contributed by atoms with van der Waals surface area (Å²) in [7, 11) is -3.20. The largest absolute Gasteiger partial charge is 0.494 e. The molecule has 5 nitrogen and oxygen atoms in total. The topological polar surface area (TPSA) is 63.7 Å². The molecule has 1 fully saturated rings. The van der Waals surface area contributed by atoms with Gasteiger partial charge in [0.1, 0.15) is 5.75 Å². The molecule has 1 aliphatic heterocycles. The molecule has 0 N–H and O–H groups in total. The monoisotopic (exact) mass is 321 g/mol. The van der Waals surface area contributed by atoms with Crippen LogP contribution in [-0.2, 0) is 14.6 Å². The van der Waals surface area contributed by atoms with E-state index in [2.05, 4.69) is 0 Å². The Morgan fingerprint density at radius 1 is 1.27 bits per heavy atom. The van der Waals surface area contributed by atoms with Gasteiger partial charge in [-0.05, 0) is 50.1 Å². The number of rotatable bonds is 5. The molecule has 0 unspecified atom stereocenters. The maximum Gasteiger partial charge on any atom is 0.230 e. The van der Waals surface area contributed by atoms with E-state index in [0.29, 0.717) is 12.3 Å². The Morgan fingerprint density at radius 3 is 2.45 bits per heavy atom. The maximum absolute atomic E-state index is 12.6. The quantitative estimate of drug-likeness (QED) is 0.833. The second-order valence-corrected chi connectivity index (χ2v) is 7.57. The molecule has 1 saturated carbocycles. The number of anilines is 1. The van der Waals surface area contributed by atoms with Crippen LogP contribution < -0.4 is 9.64 Å². The normalized spacial score (nSPS) is 22.5.